The molecular weight excluding hydrogens is 253 g/mol. The molecule has 0 aliphatic rings. The Morgan fingerprint density at radius 2 is 1.94 bits per heavy atom. The van der Waals surface area contributed by atoms with Gasteiger partial charge in [0.25, 0.3) is 0 Å². The summed E-state index contributed by atoms with van der Waals surface area (Å²) >= 11 is 6.03. The fourth-order valence-electron chi connectivity index (χ4n) is 1.65. The highest BCUT2D eigenvalue weighted by atomic mass is 35.5. The molecule has 0 aromatic heterocycles. The van der Waals surface area contributed by atoms with E-state index in [1.807, 2.05) is 6.07 Å². The van der Waals surface area contributed by atoms with Crippen LogP contribution in [-0.2, 0) is 13.2 Å². The van der Waals surface area contributed by atoms with Gasteiger partial charge in [0, 0.05) is 6.54 Å². The zero-order valence-corrected chi connectivity index (χ0v) is 10.4. The van der Waals surface area contributed by atoms with E-state index in [1.54, 1.807) is 24.3 Å². The maximum Gasteiger partial charge on any atom is 0.123 e. The Morgan fingerprint density at radius 3 is 2.67 bits per heavy atom. The standard InChI is InChI=1S/C14H13ClFNO/c15-13-5-4-11(9-18)7-14(13)17-8-10-2-1-3-12(16)6-10/h1-7,17-18H,8-9H2. The average Bonchev–Trinajstić information content (AvgIpc) is 2.38. The van der Waals surface area contributed by atoms with Crippen molar-refractivity contribution < 1.29 is 9.50 Å². The summed E-state index contributed by atoms with van der Waals surface area (Å²) in [5, 5.41) is 12.7. The first-order valence-electron chi connectivity index (χ1n) is 5.56. The van der Waals surface area contributed by atoms with Gasteiger partial charge in [0.2, 0.25) is 0 Å². The summed E-state index contributed by atoms with van der Waals surface area (Å²) in [6.07, 6.45) is 0. The molecule has 0 aliphatic heterocycles. The fraction of sp³-hybridized carbons (Fsp3) is 0.143. The molecule has 2 aromatic carbocycles. The topological polar surface area (TPSA) is 32.3 Å². The number of benzene rings is 2. The van der Waals surface area contributed by atoms with Crippen molar-refractivity contribution in [1.82, 2.24) is 0 Å². The third-order valence-corrected chi connectivity index (χ3v) is 2.91. The van der Waals surface area contributed by atoms with Crippen molar-refractivity contribution in [3.8, 4) is 0 Å². The van der Waals surface area contributed by atoms with Gasteiger partial charge in [0.05, 0.1) is 17.3 Å². The number of aliphatic hydroxyl groups is 1. The van der Waals surface area contributed by atoms with Crippen LogP contribution in [0.5, 0.6) is 0 Å². The summed E-state index contributed by atoms with van der Waals surface area (Å²) in [6.45, 7) is 0.443. The molecule has 0 saturated carbocycles. The van der Waals surface area contributed by atoms with Crippen LogP contribution < -0.4 is 5.32 Å². The molecule has 0 saturated heterocycles. The maximum absolute atomic E-state index is 13.0. The molecule has 94 valence electrons. The summed E-state index contributed by atoms with van der Waals surface area (Å²) in [6, 6.07) is 11.6. The van der Waals surface area contributed by atoms with Crippen LogP contribution in [0.3, 0.4) is 0 Å². The van der Waals surface area contributed by atoms with Crippen LogP contribution in [0.25, 0.3) is 0 Å². The lowest BCUT2D eigenvalue weighted by molar-refractivity contribution is 0.282. The Morgan fingerprint density at radius 1 is 1.11 bits per heavy atom. The second kappa shape index (κ2) is 5.85. The van der Waals surface area contributed by atoms with Crippen LogP contribution in [0.2, 0.25) is 5.02 Å². The molecule has 0 fully saturated rings. The van der Waals surface area contributed by atoms with Crippen LogP contribution in [0.1, 0.15) is 11.1 Å². The van der Waals surface area contributed by atoms with Gasteiger partial charge < -0.3 is 10.4 Å². The van der Waals surface area contributed by atoms with E-state index >= 15 is 0 Å². The second-order valence-corrected chi connectivity index (χ2v) is 4.36. The molecule has 4 heteroatoms. The van der Waals surface area contributed by atoms with Crippen molar-refractivity contribution in [3.05, 3.63) is 64.4 Å². The summed E-state index contributed by atoms with van der Waals surface area (Å²) in [4.78, 5) is 0. The van der Waals surface area contributed by atoms with Crippen molar-refractivity contribution in [2.45, 2.75) is 13.2 Å². The van der Waals surface area contributed by atoms with E-state index in [1.165, 1.54) is 12.1 Å². The van der Waals surface area contributed by atoms with Gasteiger partial charge in [0.1, 0.15) is 5.82 Å². The molecule has 0 bridgehead atoms. The smallest absolute Gasteiger partial charge is 0.123 e. The lowest BCUT2D eigenvalue weighted by Crippen LogP contribution is -2.01. The SMILES string of the molecule is OCc1ccc(Cl)c(NCc2cccc(F)c2)c1. The number of anilines is 1. The van der Waals surface area contributed by atoms with Gasteiger partial charge in [-0.05, 0) is 35.4 Å². The Balaban J connectivity index is 2.10. The predicted octanol–water partition coefficient (Wildman–Crippen LogP) is 3.58. The van der Waals surface area contributed by atoms with Crippen LogP contribution in [0.4, 0.5) is 10.1 Å². The van der Waals surface area contributed by atoms with E-state index in [9.17, 15) is 4.39 Å². The second-order valence-electron chi connectivity index (χ2n) is 3.96. The van der Waals surface area contributed by atoms with E-state index in [-0.39, 0.29) is 12.4 Å². The molecule has 2 nitrogen and oxygen atoms in total. The molecule has 0 amide bonds. The first-order chi connectivity index (χ1) is 8.69. The highest BCUT2D eigenvalue weighted by molar-refractivity contribution is 6.33. The minimum atomic E-state index is -0.260. The van der Waals surface area contributed by atoms with Gasteiger partial charge in [-0.15, -0.1) is 0 Å². The first-order valence-corrected chi connectivity index (χ1v) is 5.94. The Hall–Kier alpha value is -1.58. The van der Waals surface area contributed by atoms with Gasteiger partial charge >= 0.3 is 0 Å². The number of rotatable bonds is 4. The quantitative estimate of drug-likeness (QED) is 0.886. The normalized spacial score (nSPS) is 10.4. The van der Waals surface area contributed by atoms with E-state index in [0.29, 0.717) is 11.6 Å². The first kappa shape index (κ1) is 12.9. The summed E-state index contributed by atoms with van der Waals surface area (Å²) in [7, 11) is 0. The van der Waals surface area contributed by atoms with Gasteiger partial charge in [-0.3, -0.25) is 0 Å². The molecule has 18 heavy (non-hydrogen) atoms. The predicted molar refractivity (Wildman–Crippen MR) is 71.1 cm³/mol. The third kappa shape index (κ3) is 3.22. The lowest BCUT2D eigenvalue weighted by atomic mass is 10.2. The molecule has 0 heterocycles. The van der Waals surface area contributed by atoms with Crippen LogP contribution in [0, 0.1) is 5.82 Å². The number of hydrogen-bond donors (Lipinski definition) is 2. The van der Waals surface area contributed by atoms with E-state index in [2.05, 4.69) is 5.32 Å². The van der Waals surface area contributed by atoms with E-state index in [4.69, 9.17) is 16.7 Å². The monoisotopic (exact) mass is 265 g/mol. The fourth-order valence-corrected chi connectivity index (χ4v) is 1.83. The van der Waals surface area contributed by atoms with Crippen molar-refractivity contribution in [1.29, 1.82) is 0 Å². The summed E-state index contributed by atoms with van der Waals surface area (Å²) in [5.41, 5.74) is 2.34. The van der Waals surface area contributed by atoms with Crippen molar-refractivity contribution >= 4 is 17.3 Å². The van der Waals surface area contributed by atoms with Crippen molar-refractivity contribution in [2.75, 3.05) is 5.32 Å². The summed E-state index contributed by atoms with van der Waals surface area (Å²) < 4.78 is 13.0. The highest BCUT2D eigenvalue weighted by Gasteiger charge is 2.02. The molecule has 2 rings (SSSR count). The molecule has 0 unspecified atom stereocenters. The largest absolute Gasteiger partial charge is 0.392 e. The molecule has 0 atom stereocenters. The maximum atomic E-state index is 13.0. The molecule has 0 spiro atoms. The molecule has 0 aliphatic carbocycles. The van der Waals surface area contributed by atoms with E-state index in [0.717, 1.165) is 16.8 Å². The molecule has 0 radical (unpaired) electrons. The Bertz CT molecular complexity index is 545. The molecule has 2 N–H and O–H groups in total. The minimum Gasteiger partial charge on any atom is -0.392 e. The molecular formula is C14H13ClFNO. The zero-order chi connectivity index (χ0) is 13.0. The number of halogens is 2. The summed E-state index contributed by atoms with van der Waals surface area (Å²) in [5.74, 6) is -0.260. The molecule has 2 aromatic rings. The van der Waals surface area contributed by atoms with Gasteiger partial charge in [-0.25, -0.2) is 4.39 Å². The van der Waals surface area contributed by atoms with Crippen molar-refractivity contribution in [2.24, 2.45) is 0 Å². The lowest BCUT2D eigenvalue weighted by Gasteiger charge is -2.10. The van der Waals surface area contributed by atoms with Gasteiger partial charge in [-0.2, -0.15) is 0 Å². The van der Waals surface area contributed by atoms with Crippen LogP contribution >= 0.6 is 11.6 Å². The highest BCUT2D eigenvalue weighted by Crippen LogP contribution is 2.23. The van der Waals surface area contributed by atoms with E-state index < -0.39 is 0 Å². The van der Waals surface area contributed by atoms with Gasteiger partial charge in [-0.1, -0.05) is 29.8 Å². The van der Waals surface area contributed by atoms with Crippen LogP contribution in [-0.4, -0.2) is 5.11 Å². The minimum absolute atomic E-state index is 0.0359. The Labute approximate surface area is 110 Å². The number of nitrogens with one attached hydrogen (secondary N) is 1. The number of hydrogen-bond acceptors (Lipinski definition) is 2. The Kier molecular flexibility index (Phi) is 4.18. The van der Waals surface area contributed by atoms with Gasteiger partial charge in [0.15, 0.2) is 0 Å². The average molecular weight is 266 g/mol. The zero-order valence-electron chi connectivity index (χ0n) is 9.66. The van der Waals surface area contributed by atoms with Crippen LogP contribution in [0.15, 0.2) is 42.5 Å². The number of aliphatic hydroxyl groups excluding tert-OH is 1. The van der Waals surface area contributed by atoms with Crippen molar-refractivity contribution in [3.63, 3.8) is 0 Å². The third-order valence-electron chi connectivity index (χ3n) is 2.59.